The lowest BCUT2D eigenvalue weighted by Crippen LogP contribution is -2.04. The third-order valence-corrected chi connectivity index (χ3v) is 5.59. The summed E-state index contributed by atoms with van der Waals surface area (Å²) in [4.78, 5) is 13.4. The first kappa shape index (κ1) is 19.3. The fourth-order valence-electron chi connectivity index (χ4n) is 2.95. The minimum absolute atomic E-state index is 0.657. The van der Waals surface area contributed by atoms with Crippen molar-refractivity contribution in [3.63, 3.8) is 0 Å². The van der Waals surface area contributed by atoms with Gasteiger partial charge in [-0.2, -0.15) is 0 Å². The number of pyridine rings is 1. The molecule has 0 atom stereocenters. The van der Waals surface area contributed by atoms with E-state index in [0.29, 0.717) is 12.2 Å². The molecule has 4 aromatic rings. The number of rotatable bonds is 6. The van der Waals surface area contributed by atoms with Crippen LogP contribution in [0.3, 0.4) is 0 Å². The molecule has 0 amide bonds. The molecule has 6 heteroatoms. The fraction of sp³-hybridized carbons (Fsp3) is 0.0870. The molecule has 0 spiro atoms. The number of hydrogen-bond acceptors (Lipinski definition) is 3. The maximum Gasteiger partial charge on any atom is 0.187 e. The molecule has 4 nitrogen and oxygen atoms in total. The SMILES string of the molecule is [C-]#[N+]c1ccc(Cc2cncn2Cc2ccc(Sc3cccc(Cl)c3)nc2)cc1. The lowest BCUT2D eigenvalue weighted by atomic mass is 10.1. The molecule has 0 aliphatic carbocycles. The van der Waals surface area contributed by atoms with Crippen molar-refractivity contribution in [2.45, 2.75) is 22.9 Å². The Balaban J connectivity index is 1.43. The zero-order valence-electron chi connectivity index (χ0n) is 15.5. The average molecular weight is 417 g/mol. The van der Waals surface area contributed by atoms with Crippen LogP contribution in [0.1, 0.15) is 16.8 Å². The molecular weight excluding hydrogens is 400 g/mol. The van der Waals surface area contributed by atoms with Crippen molar-refractivity contribution in [2.75, 3.05) is 0 Å². The quantitative estimate of drug-likeness (QED) is 0.347. The Bertz CT molecular complexity index is 1140. The third-order valence-electron chi connectivity index (χ3n) is 4.42. The summed E-state index contributed by atoms with van der Waals surface area (Å²) in [7, 11) is 0. The van der Waals surface area contributed by atoms with Gasteiger partial charge >= 0.3 is 0 Å². The second kappa shape index (κ2) is 8.95. The fourth-order valence-corrected chi connectivity index (χ4v) is 4.02. The standard InChI is InChI=1S/C23H17ClN4S/c1-25-20-8-5-17(6-9-20)11-21-14-26-16-28(21)15-18-7-10-23(27-13-18)29-22-4-2-3-19(24)12-22/h2-10,12-14,16H,11,15H2. The highest BCUT2D eigenvalue weighted by Gasteiger charge is 2.06. The summed E-state index contributed by atoms with van der Waals surface area (Å²) in [5.74, 6) is 0. The normalized spacial score (nSPS) is 10.6. The van der Waals surface area contributed by atoms with E-state index in [2.05, 4.69) is 25.4 Å². The number of nitrogens with zero attached hydrogens (tertiary/aromatic N) is 4. The van der Waals surface area contributed by atoms with Crippen molar-refractivity contribution in [3.8, 4) is 0 Å². The zero-order valence-corrected chi connectivity index (χ0v) is 17.1. The second-order valence-electron chi connectivity index (χ2n) is 6.53. The zero-order chi connectivity index (χ0) is 20.1. The smallest absolute Gasteiger partial charge is 0.187 e. The van der Waals surface area contributed by atoms with Gasteiger partial charge in [-0.15, -0.1) is 0 Å². The number of aromatic nitrogens is 3. The molecule has 0 saturated heterocycles. The minimum Gasteiger partial charge on any atom is -0.330 e. The van der Waals surface area contributed by atoms with Crippen LogP contribution in [-0.4, -0.2) is 14.5 Å². The highest BCUT2D eigenvalue weighted by atomic mass is 35.5. The van der Waals surface area contributed by atoms with Gasteiger partial charge in [0.1, 0.15) is 5.03 Å². The average Bonchev–Trinajstić information content (AvgIpc) is 3.16. The largest absolute Gasteiger partial charge is 0.330 e. The van der Waals surface area contributed by atoms with Crippen LogP contribution in [0.15, 0.2) is 89.3 Å². The molecule has 2 aromatic carbocycles. The summed E-state index contributed by atoms with van der Waals surface area (Å²) in [5.41, 5.74) is 4.05. The molecule has 0 unspecified atom stereocenters. The molecule has 0 saturated carbocycles. The molecular formula is C23H17ClN4S. The summed E-state index contributed by atoms with van der Waals surface area (Å²) in [5, 5.41) is 1.66. The van der Waals surface area contributed by atoms with Gasteiger partial charge in [0.25, 0.3) is 0 Å². The number of benzene rings is 2. The van der Waals surface area contributed by atoms with Crippen molar-refractivity contribution >= 4 is 29.1 Å². The Morgan fingerprint density at radius 1 is 1.00 bits per heavy atom. The molecule has 0 radical (unpaired) electrons. The number of hydrogen-bond donors (Lipinski definition) is 0. The second-order valence-corrected chi connectivity index (χ2v) is 8.06. The van der Waals surface area contributed by atoms with Gasteiger partial charge in [0.15, 0.2) is 5.69 Å². The summed E-state index contributed by atoms with van der Waals surface area (Å²) in [6, 6.07) is 19.6. The molecule has 2 heterocycles. The van der Waals surface area contributed by atoms with Gasteiger partial charge in [0.2, 0.25) is 0 Å². The van der Waals surface area contributed by atoms with Gasteiger partial charge in [0.05, 0.1) is 19.4 Å². The third kappa shape index (κ3) is 5.05. The molecule has 0 N–H and O–H groups in total. The highest BCUT2D eigenvalue weighted by molar-refractivity contribution is 7.99. The molecule has 0 aliphatic rings. The molecule has 0 bridgehead atoms. The maximum absolute atomic E-state index is 7.05. The van der Waals surface area contributed by atoms with Gasteiger partial charge in [-0.3, -0.25) is 0 Å². The molecule has 4 rings (SSSR count). The lowest BCUT2D eigenvalue weighted by molar-refractivity contribution is 0.748. The van der Waals surface area contributed by atoms with Crippen LogP contribution in [0, 0.1) is 6.57 Å². The molecule has 2 aromatic heterocycles. The Labute approximate surface area is 179 Å². The van der Waals surface area contributed by atoms with Crippen LogP contribution < -0.4 is 0 Å². The van der Waals surface area contributed by atoms with E-state index in [4.69, 9.17) is 18.2 Å². The van der Waals surface area contributed by atoms with Crippen molar-refractivity contribution in [3.05, 3.63) is 113 Å². The number of halogens is 1. The molecule has 0 fully saturated rings. The van der Waals surface area contributed by atoms with E-state index in [-0.39, 0.29) is 0 Å². The Morgan fingerprint density at radius 2 is 1.83 bits per heavy atom. The Hall–Kier alpha value is -3.07. The van der Waals surface area contributed by atoms with Crippen molar-refractivity contribution < 1.29 is 0 Å². The lowest BCUT2D eigenvalue weighted by Gasteiger charge is -2.09. The highest BCUT2D eigenvalue weighted by Crippen LogP contribution is 2.28. The summed E-state index contributed by atoms with van der Waals surface area (Å²) >= 11 is 7.64. The molecule has 0 aliphatic heterocycles. The Morgan fingerprint density at radius 3 is 2.55 bits per heavy atom. The minimum atomic E-state index is 0.657. The first-order chi connectivity index (χ1) is 14.2. The van der Waals surface area contributed by atoms with Gasteiger partial charge < -0.3 is 4.57 Å². The first-order valence-corrected chi connectivity index (χ1v) is 10.2. The van der Waals surface area contributed by atoms with Gasteiger partial charge in [-0.05, 0) is 35.4 Å². The molecule has 29 heavy (non-hydrogen) atoms. The van der Waals surface area contributed by atoms with Crippen molar-refractivity contribution in [1.82, 2.24) is 14.5 Å². The van der Waals surface area contributed by atoms with E-state index in [1.807, 2.05) is 73.3 Å². The predicted octanol–water partition coefficient (Wildman–Crippen LogP) is 6.27. The van der Waals surface area contributed by atoms with Crippen LogP contribution in [0.25, 0.3) is 4.85 Å². The van der Waals surface area contributed by atoms with Gasteiger partial charge in [-0.25, -0.2) is 14.8 Å². The summed E-state index contributed by atoms with van der Waals surface area (Å²) in [6.07, 6.45) is 6.41. The van der Waals surface area contributed by atoms with Crippen LogP contribution in [0.2, 0.25) is 5.02 Å². The summed E-state index contributed by atoms with van der Waals surface area (Å²) in [6.45, 7) is 7.77. The van der Waals surface area contributed by atoms with Crippen LogP contribution in [-0.2, 0) is 13.0 Å². The monoisotopic (exact) mass is 416 g/mol. The predicted molar refractivity (Wildman–Crippen MR) is 117 cm³/mol. The van der Waals surface area contributed by atoms with Crippen LogP contribution in [0.5, 0.6) is 0 Å². The van der Waals surface area contributed by atoms with Gasteiger partial charge in [-0.1, -0.05) is 59.8 Å². The van der Waals surface area contributed by atoms with Crippen LogP contribution in [0.4, 0.5) is 5.69 Å². The van der Waals surface area contributed by atoms with E-state index in [0.717, 1.165) is 38.2 Å². The van der Waals surface area contributed by atoms with E-state index in [1.165, 1.54) is 0 Å². The van der Waals surface area contributed by atoms with E-state index < -0.39 is 0 Å². The first-order valence-electron chi connectivity index (χ1n) is 9.03. The van der Waals surface area contributed by atoms with Crippen molar-refractivity contribution in [2.24, 2.45) is 0 Å². The van der Waals surface area contributed by atoms with E-state index in [1.54, 1.807) is 11.8 Å². The van der Waals surface area contributed by atoms with Crippen LogP contribution >= 0.6 is 23.4 Å². The molecule has 142 valence electrons. The number of imidazole rings is 1. The Kier molecular flexibility index (Phi) is 5.95. The topological polar surface area (TPSA) is 35.1 Å². The van der Waals surface area contributed by atoms with E-state index >= 15 is 0 Å². The van der Waals surface area contributed by atoms with Gasteiger partial charge in [0, 0.05) is 34.4 Å². The van der Waals surface area contributed by atoms with Crippen molar-refractivity contribution in [1.29, 1.82) is 0 Å². The van der Waals surface area contributed by atoms with E-state index in [9.17, 15) is 0 Å². The summed E-state index contributed by atoms with van der Waals surface area (Å²) < 4.78 is 2.13. The maximum atomic E-state index is 7.05.